The molecule has 20 heavy (non-hydrogen) atoms. The van der Waals surface area contributed by atoms with Crippen molar-refractivity contribution in [2.24, 2.45) is 11.7 Å². The van der Waals surface area contributed by atoms with Gasteiger partial charge in [-0.3, -0.25) is 10.1 Å². The monoisotopic (exact) mass is 274 g/mol. The lowest BCUT2D eigenvalue weighted by Crippen LogP contribution is -2.25. The number of aromatic nitrogens is 2. The second-order valence-corrected chi connectivity index (χ2v) is 5.02. The molecule has 3 rings (SSSR count). The summed E-state index contributed by atoms with van der Waals surface area (Å²) in [6.07, 6.45) is 2.87. The summed E-state index contributed by atoms with van der Waals surface area (Å²) >= 11 is 0. The van der Waals surface area contributed by atoms with Gasteiger partial charge in [-0.05, 0) is 18.8 Å². The molecular formula is C13H14N4O3. The van der Waals surface area contributed by atoms with Crippen molar-refractivity contribution in [1.82, 2.24) is 10.1 Å². The van der Waals surface area contributed by atoms with E-state index in [1.165, 1.54) is 12.1 Å². The van der Waals surface area contributed by atoms with Crippen molar-refractivity contribution in [2.75, 3.05) is 0 Å². The van der Waals surface area contributed by atoms with Crippen LogP contribution in [0.25, 0.3) is 11.4 Å². The van der Waals surface area contributed by atoms with Gasteiger partial charge in [-0.2, -0.15) is 4.98 Å². The smallest absolute Gasteiger partial charge is 0.270 e. The third-order valence-corrected chi connectivity index (χ3v) is 3.42. The zero-order valence-electron chi connectivity index (χ0n) is 10.7. The number of hydrogen-bond donors (Lipinski definition) is 1. The van der Waals surface area contributed by atoms with E-state index in [1.807, 2.05) is 0 Å². The van der Waals surface area contributed by atoms with E-state index in [1.54, 1.807) is 12.1 Å². The summed E-state index contributed by atoms with van der Waals surface area (Å²) in [6, 6.07) is 6.21. The Labute approximate surface area is 114 Å². The van der Waals surface area contributed by atoms with Crippen LogP contribution in [0.5, 0.6) is 0 Å². The van der Waals surface area contributed by atoms with Gasteiger partial charge in [0, 0.05) is 30.2 Å². The zero-order chi connectivity index (χ0) is 14.1. The summed E-state index contributed by atoms with van der Waals surface area (Å²) in [5.74, 6) is 1.39. The maximum atomic E-state index is 10.7. The van der Waals surface area contributed by atoms with Gasteiger partial charge >= 0.3 is 0 Å². The standard InChI is InChI=1S/C13H14N4O3/c14-11(8-4-5-8)7-12-15-13(16-20-12)9-2-1-3-10(6-9)17(18)19/h1-3,6,8,11H,4-5,7,14H2. The van der Waals surface area contributed by atoms with E-state index in [-0.39, 0.29) is 11.7 Å². The predicted molar refractivity (Wildman–Crippen MR) is 70.8 cm³/mol. The number of non-ortho nitro benzene ring substituents is 1. The van der Waals surface area contributed by atoms with Gasteiger partial charge in [0.25, 0.3) is 5.69 Å². The molecule has 2 N–H and O–H groups in total. The highest BCUT2D eigenvalue weighted by molar-refractivity contribution is 5.58. The molecule has 104 valence electrons. The summed E-state index contributed by atoms with van der Waals surface area (Å²) in [7, 11) is 0. The highest BCUT2D eigenvalue weighted by Gasteiger charge is 2.29. The van der Waals surface area contributed by atoms with Gasteiger partial charge in [0.1, 0.15) is 0 Å². The van der Waals surface area contributed by atoms with Gasteiger partial charge in [0.05, 0.1) is 4.92 Å². The highest BCUT2D eigenvalue weighted by atomic mass is 16.6. The van der Waals surface area contributed by atoms with Crippen LogP contribution in [0.2, 0.25) is 0 Å². The first kappa shape index (κ1) is 12.7. The second-order valence-electron chi connectivity index (χ2n) is 5.02. The molecule has 0 saturated heterocycles. The first-order valence-electron chi connectivity index (χ1n) is 6.46. The average molecular weight is 274 g/mol. The molecule has 0 radical (unpaired) electrons. The number of benzene rings is 1. The van der Waals surface area contributed by atoms with E-state index in [9.17, 15) is 10.1 Å². The fourth-order valence-corrected chi connectivity index (χ4v) is 2.11. The summed E-state index contributed by atoms with van der Waals surface area (Å²) in [6.45, 7) is 0. The molecule has 0 aliphatic heterocycles. The minimum atomic E-state index is -0.451. The Hall–Kier alpha value is -2.28. The molecular weight excluding hydrogens is 260 g/mol. The molecule has 1 aromatic heterocycles. The fourth-order valence-electron chi connectivity index (χ4n) is 2.11. The predicted octanol–water partition coefficient (Wildman–Crippen LogP) is 1.92. The summed E-state index contributed by atoms with van der Waals surface area (Å²) < 4.78 is 5.16. The van der Waals surface area contributed by atoms with E-state index in [2.05, 4.69) is 10.1 Å². The molecule has 0 amide bonds. The van der Waals surface area contributed by atoms with Crippen LogP contribution >= 0.6 is 0 Å². The molecule has 1 aliphatic rings. The molecule has 7 heteroatoms. The Kier molecular flexibility index (Phi) is 3.19. The van der Waals surface area contributed by atoms with Gasteiger partial charge < -0.3 is 10.3 Å². The van der Waals surface area contributed by atoms with Crippen molar-refractivity contribution >= 4 is 5.69 Å². The van der Waals surface area contributed by atoms with E-state index in [0.717, 1.165) is 12.8 Å². The number of rotatable bonds is 5. The number of hydrogen-bond acceptors (Lipinski definition) is 6. The first-order valence-corrected chi connectivity index (χ1v) is 6.46. The third-order valence-electron chi connectivity index (χ3n) is 3.42. The topological polar surface area (TPSA) is 108 Å². The van der Waals surface area contributed by atoms with E-state index in [4.69, 9.17) is 10.3 Å². The quantitative estimate of drug-likeness (QED) is 0.659. The molecule has 0 spiro atoms. The first-order chi connectivity index (χ1) is 9.63. The van der Waals surface area contributed by atoms with Crippen LogP contribution in [0, 0.1) is 16.0 Å². The van der Waals surface area contributed by atoms with E-state index >= 15 is 0 Å². The Balaban J connectivity index is 1.78. The minimum absolute atomic E-state index is 0.00327. The summed E-state index contributed by atoms with van der Waals surface area (Å²) in [5, 5.41) is 14.6. The number of nitrogens with zero attached hydrogens (tertiary/aromatic N) is 3. The van der Waals surface area contributed by atoms with Gasteiger partial charge in [-0.15, -0.1) is 0 Å². The van der Waals surface area contributed by atoms with Gasteiger partial charge in [0.2, 0.25) is 11.7 Å². The number of nitro groups is 1. The van der Waals surface area contributed by atoms with Crippen LogP contribution < -0.4 is 5.73 Å². The molecule has 1 aromatic carbocycles. The third kappa shape index (κ3) is 2.67. The zero-order valence-corrected chi connectivity index (χ0v) is 10.7. The molecule has 2 aromatic rings. The molecule has 1 atom stereocenters. The molecule has 7 nitrogen and oxygen atoms in total. The highest BCUT2D eigenvalue weighted by Crippen LogP contribution is 2.33. The molecule has 1 unspecified atom stereocenters. The fraction of sp³-hybridized carbons (Fsp3) is 0.385. The second kappa shape index (κ2) is 5.01. The van der Waals surface area contributed by atoms with Crippen molar-refractivity contribution in [1.29, 1.82) is 0 Å². The van der Waals surface area contributed by atoms with Crippen molar-refractivity contribution in [3.8, 4) is 11.4 Å². The van der Waals surface area contributed by atoms with E-state index in [0.29, 0.717) is 29.6 Å². The van der Waals surface area contributed by atoms with Crippen LogP contribution in [0.1, 0.15) is 18.7 Å². The summed E-state index contributed by atoms with van der Waals surface area (Å²) in [5.41, 5.74) is 6.57. The maximum absolute atomic E-state index is 10.7. The van der Waals surface area contributed by atoms with Gasteiger partial charge in [-0.1, -0.05) is 17.3 Å². The lowest BCUT2D eigenvalue weighted by Gasteiger charge is -2.04. The number of nitrogens with two attached hydrogens (primary N) is 1. The van der Waals surface area contributed by atoms with Crippen molar-refractivity contribution in [2.45, 2.75) is 25.3 Å². The lowest BCUT2D eigenvalue weighted by atomic mass is 10.1. The Morgan fingerprint density at radius 2 is 2.30 bits per heavy atom. The minimum Gasteiger partial charge on any atom is -0.339 e. The van der Waals surface area contributed by atoms with Crippen LogP contribution in [0.3, 0.4) is 0 Å². The average Bonchev–Trinajstić information content (AvgIpc) is 3.20. The van der Waals surface area contributed by atoms with E-state index < -0.39 is 4.92 Å². The van der Waals surface area contributed by atoms with Crippen LogP contribution in [-0.2, 0) is 6.42 Å². The molecule has 1 heterocycles. The Morgan fingerprint density at radius 3 is 3.00 bits per heavy atom. The van der Waals surface area contributed by atoms with Crippen molar-refractivity contribution < 1.29 is 9.45 Å². The Bertz CT molecular complexity index is 636. The van der Waals surface area contributed by atoms with Crippen LogP contribution in [0.4, 0.5) is 5.69 Å². The van der Waals surface area contributed by atoms with Gasteiger partial charge in [0.15, 0.2) is 0 Å². The molecule has 1 aliphatic carbocycles. The van der Waals surface area contributed by atoms with Crippen LogP contribution in [-0.4, -0.2) is 21.1 Å². The van der Waals surface area contributed by atoms with Crippen molar-refractivity contribution in [3.63, 3.8) is 0 Å². The van der Waals surface area contributed by atoms with Crippen LogP contribution in [0.15, 0.2) is 28.8 Å². The lowest BCUT2D eigenvalue weighted by molar-refractivity contribution is -0.384. The largest absolute Gasteiger partial charge is 0.339 e. The summed E-state index contributed by atoms with van der Waals surface area (Å²) in [4.78, 5) is 14.5. The number of nitro benzene ring substituents is 1. The van der Waals surface area contributed by atoms with Gasteiger partial charge in [-0.25, -0.2) is 0 Å². The molecule has 1 saturated carbocycles. The normalized spacial score (nSPS) is 16.1. The Morgan fingerprint density at radius 1 is 1.50 bits per heavy atom. The molecule has 1 fully saturated rings. The van der Waals surface area contributed by atoms with Crippen molar-refractivity contribution in [3.05, 3.63) is 40.3 Å². The molecule has 0 bridgehead atoms. The SMILES string of the molecule is NC(Cc1nc(-c2cccc([N+](=O)[O-])c2)no1)C1CC1. The maximum Gasteiger partial charge on any atom is 0.270 e.